The summed E-state index contributed by atoms with van der Waals surface area (Å²) in [4.78, 5) is 10.3. The maximum Gasteiger partial charge on any atom is 0.324 e. The van der Waals surface area contributed by atoms with Crippen LogP contribution in [0.15, 0.2) is 24.3 Å². The smallest absolute Gasteiger partial charge is 0.324 e. The molecule has 0 saturated heterocycles. The number of nitrogens with zero attached hydrogens (tertiary/aromatic N) is 1. The molecule has 5 N–H and O–H groups in total. The van der Waals surface area contributed by atoms with Gasteiger partial charge in [0.25, 0.3) is 0 Å². The highest BCUT2D eigenvalue weighted by molar-refractivity contribution is 5.76. The minimum absolute atomic E-state index is 0.270. The lowest BCUT2D eigenvalue weighted by atomic mass is 10.2. The van der Waals surface area contributed by atoms with Crippen molar-refractivity contribution in [1.82, 2.24) is 0 Å². The van der Waals surface area contributed by atoms with E-state index >= 15 is 0 Å². The highest BCUT2D eigenvalue weighted by atomic mass is 16.4. The molecule has 0 bridgehead atoms. The highest BCUT2D eigenvalue weighted by Gasteiger charge is 2.07. The molecule has 0 aliphatic heterocycles. The first-order chi connectivity index (χ1) is 6.11. The topological polar surface area (TPSA) is 92.6 Å². The lowest BCUT2D eigenvalue weighted by Crippen LogP contribution is -2.36. The molecule has 1 aromatic carbocycles. The van der Waals surface area contributed by atoms with E-state index in [1.807, 2.05) is 0 Å². The molecule has 70 valence electrons. The number of hydrazine groups is 1. The first-order valence-corrected chi connectivity index (χ1v) is 3.70. The lowest BCUT2D eigenvalue weighted by molar-refractivity contribution is -0.135. The molecule has 0 aromatic heterocycles. The van der Waals surface area contributed by atoms with Gasteiger partial charge in [0.15, 0.2) is 0 Å². The number of anilines is 2. The molecule has 0 aliphatic rings. The summed E-state index contributed by atoms with van der Waals surface area (Å²) in [6.07, 6.45) is 0. The fourth-order valence-electron chi connectivity index (χ4n) is 0.980. The van der Waals surface area contributed by atoms with Gasteiger partial charge in [-0.3, -0.25) is 9.80 Å². The number of para-hydroxylation sites is 2. The van der Waals surface area contributed by atoms with Crippen molar-refractivity contribution in [3.8, 4) is 0 Å². The Balaban J connectivity index is 2.82. The molecule has 1 aromatic rings. The molecular weight excluding hydrogens is 170 g/mol. The standard InChI is InChI=1S/C8H11N3O2/c9-6-3-1-2-4-7(6)11(10)5-8(12)13/h1-4H,5,9-10H2,(H,12,13). The van der Waals surface area contributed by atoms with E-state index in [4.69, 9.17) is 16.7 Å². The van der Waals surface area contributed by atoms with E-state index in [1.165, 1.54) is 0 Å². The Morgan fingerprint density at radius 1 is 1.46 bits per heavy atom. The molecule has 0 aliphatic carbocycles. The molecule has 0 heterocycles. The van der Waals surface area contributed by atoms with E-state index < -0.39 is 5.97 Å². The number of nitrogen functional groups attached to an aromatic ring is 1. The maximum atomic E-state index is 10.3. The van der Waals surface area contributed by atoms with E-state index in [0.717, 1.165) is 5.01 Å². The van der Waals surface area contributed by atoms with Crippen molar-refractivity contribution < 1.29 is 9.90 Å². The number of benzene rings is 1. The molecule has 0 atom stereocenters. The fraction of sp³-hybridized carbons (Fsp3) is 0.125. The number of carboxylic acids is 1. The summed E-state index contributed by atoms with van der Waals surface area (Å²) in [5.74, 6) is 4.47. The summed E-state index contributed by atoms with van der Waals surface area (Å²) in [6, 6.07) is 6.83. The monoisotopic (exact) mass is 181 g/mol. The van der Waals surface area contributed by atoms with Crippen LogP contribution in [0.3, 0.4) is 0 Å². The summed E-state index contributed by atoms with van der Waals surface area (Å²) in [7, 11) is 0. The Morgan fingerprint density at radius 2 is 2.08 bits per heavy atom. The zero-order valence-corrected chi connectivity index (χ0v) is 6.97. The van der Waals surface area contributed by atoms with Crippen LogP contribution in [0.25, 0.3) is 0 Å². The Kier molecular flexibility index (Phi) is 2.71. The van der Waals surface area contributed by atoms with Crippen LogP contribution < -0.4 is 16.6 Å². The average molecular weight is 181 g/mol. The van der Waals surface area contributed by atoms with E-state index in [-0.39, 0.29) is 6.54 Å². The van der Waals surface area contributed by atoms with Gasteiger partial charge in [-0.15, -0.1) is 0 Å². The number of hydrogen-bond donors (Lipinski definition) is 3. The second-order valence-corrected chi connectivity index (χ2v) is 2.58. The quantitative estimate of drug-likeness (QED) is 0.347. The number of hydrogen-bond acceptors (Lipinski definition) is 4. The molecule has 0 saturated carbocycles. The second-order valence-electron chi connectivity index (χ2n) is 2.58. The minimum atomic E-state index is -0.995. The van der Waals surface area contributed by atoms with Crippen molar-refractivity contribution in [3.05, 3.63) is 24.3 Å². The summed E-state index contributed by atoms with van der Waals surface area (Å²) in [5, 5.41) is 9.57. The highest BCUT2D eigenvalue weighted by Crippen LogP contribution is 2.19. The summed E-state index contributed by atoms with van der Waals surface area (Å²) >= 11 is 0. The molecule has 5 heteroatoms. The molecule has 0 unspecified atom stereocenters. The SMILES string of the molecule is Nc1ccccc1N(N)CC(=O)O. The number of rotatable bonds is 3. The zero-order chi connectivity index (χ0) is 9.84. The van der Waals surface area contributed by atoms with Crippen molar-refractivity contribution in [2.24, 2.45) is 5.84 Å². The van der Waals surface area contributed by atoms with Crippen LogP contribution in [-0.4, -0.2) is 17.6 Å². The lowest BCUT2D eigenvalue weighted by Gasteiger charge is -2.17. The van der Waals surface area contributed by atoms with Crippen LogP contribution in [0, 0.1) is 0 Å². The Labute approximate surface area is 75.5 Å². The van der Waals surface area contributed by atoms with Gasteiger partial charge in [0.1, 0.15) is 6.54 Å². The molecular formula is C8H11N3O2. The first-order valence-electron chi connectivity index (χ1n) is 3.70. The van der Waals surface area contributed by atoms with Gasteiger partial charge in [-0.2, -0.15) is 0 Å². The maximum absolute atomic E-state index is 10.3. The van der Waals surface area contributed by atoms with Crippen LogP contribution in [0.1, 0.15) is 0 Å². The van der Waals surface area contributed by atoms with E-state index in [9.17, 15) is 4.79 Å². The third-order valence-corrected chi connectivity index (χ3v) is 1.55. The van der Waals surface area contributed by atoms with Gasteiger partial charge in [-0.05, 0) is 12.1 Å². The van der Waals surface area contributed by atoms with Crippen molar-refractivity contribution in [3.63, 3.8) is 0 Å². The minimum Gasteiger partial charge on any atom is -0.480 e. The van der Waals surface area contributed by atoms with Crippen LogP contribution >= 0.6 is 0 Å². The van der Waals surface area contributed by atoms with Crippen molar-refractivity contribution >= 4 is 17.3 Å². The predicted molar refractivity (Wildman–Crippen MR) is 50.0 cm³/mol. The van der Waals surface area contributed by atoms with Gasteiger partial charge in [0, 0.05) is 0 Å². The summed E-state index contributed by atoms with van der Waals surface area (Å²) < 4.78 is 0. The number of carboxylic acid groups (broad SMARTS) is 1. The average Bonchev–Trinajstić information content (AvgIpc) is 2.03. The van der Waals surface area contributed by atoms with Crippen molar-refractivity contribution in [2.45, 2.75) is 0 Å². The van der Waals surface area contributed by atoms with Crippen LogP contribution in [0.2, 0.25) is 0 Å². The van der Waals surface area contributed by atoms with Crippen LogP contribution in [0.5, 0.6) is 0 Å². The second kappa shape index (κ2) is 3.77. The zero-order valence-electron chi connectivity index (χ0n) is 6.97. The van der Waals surface area contributed by atoms with Gasteiger partial charge in [-0.25, -0.2) is 5.84 Å². The molecule has 1 rings (SSSR count). The molecule has 5 nitrogen and oxygen atoms in total. The summed E-state index contributed by atoms with van der Waals surface area (Å²) in [6.45, 7) is -0.270. The van der Waals surface area contributed by atoms with E-state index in [2.05, 4.69) is 0 Å². The Morgan fingerprint density at radius 3 is 2.62 bits per heavy atom. The first kappa shape index (κ1) is 9.34. The van der Waals surface area contributed by atoms with Crippen molar-refractivity contribution in [2.75, 3.05) is 17.3 Å². The number of nitrogens with two attached hydrogens (primary N) is 2. The normalized spacial score (nSPS) is 9.62. The summed E-state index contributed by atoms with van der Waals surface area (Å²) in [5.41, 5.74) is 6.57. The largest absolute Gasteiger partial charge is 0.480 e. The van der Waals surface area contributed by atoms with Gasteiger partial charge in [-0.1, -0.05) is 12.1 Å². The molecule has 0 spiro atoms. The Bertz CT molecular complexity index is 314. The van der Waals surface area contributed by atoms with E-state index in [1.54, 1.807) is 24.3 Å². The van der Waals surface area contributed by atoms with Gasteiger partial charge < -0.3 is 10.8 Å². The Hall–Kier alpha value is -1.75. The number of carbonyl (C=O) groups is 1. The van der Waals surface area contributed by atoms with Gasteiger partial charge in [0.05, 0.1) is 11.4 Å². The van der Waals surface area contributed by atoms with E-state index in [0.29, 0.717) is 11.4 Å². The van der Waals surface area contributed by atoms with Crippen LogP contribution in [0.4, 0.5) is 11.4 Å². The molecule has 13 heavy (non-hydrogen) atoms. The molecule has 0 amide bonds. The molecule has 0 radical (unpaired) electrons. The molecule has 0 fully saturated rings. The fourth-order valence-corrected chi connectivity index (χ4v) is 0.980. The number of aliphatic carboxylic acids is 1. The van der Waals surface area contributed by atoms with Gasteiger partial charge >= 0.3 is 5.97 Å². The van der Waals surface area contributed by atoms with Gasteiger partial charge in [0.2, 0.25) is 0 Å². The predicted octanol–water partition coefficient (Wildman–Crippen LogP) is 0.0335. The third kappa shape index (κ3) is 2.34. The van der Waals surface area contributed by atoms with Crippen molar-refractivity contribution in [1.29, 1.82) is 0 Å². The third-order valence-electron chi connectivity index (χ3n) is 1.55. The van der Waals surface area contributed by atoms with Crippen LogP contribution in [-0.2, 0) is 4.79 Å².